The number of benzene rings is 2. The van der Waals surface area contributed by atoms with E-state index in [-0.39, 0.29) is 5.56 Å². The summed E-state index contributed by atoms with van der Waals surface area (Å²) < 4.78 is 11.2. The first-order chi connectivity index (χ1) is 15.0. The second-order valence-corrected chi connectivity index (χ2v) is 6.97. The third kappa shape index (κ3) is 4.40. The normalized spacial score (nSPS) is 10.7. The molecule has 0 spiro atoms. The van der Waals surface area contributed by atoms with Crippen LogP contribution in [-0.4, -0.2) is 29.6 Å². The fraction of sp³-hybridized carbons (Fsp3) is 0.125. The van der Waals surface area contributed by atoms with Gasteiger partial charge in [0.05, 0.1) is 19.2 Å². The van der Waals surface area contributed by atoms with E-state index in [9.17, 15) is 9.59 Å². The predicted molar refractivity (Wildman–Crippen MR) is 119 cm³/mol. The maximum atomic E-state index is 12.3. The Hall–Kier alpha value is -4.13. The molecule has 7 heteroatoms. The van der Waals surface area contributed by atoms with E-state index in [0.717, 1.165) is 27.8 Å². The summed E-state index contributed by atoms with van der Waals surface area (Å²) in [6.07, 6.45) is 3.76. The lowest BCUT2D eigenvalue weighted by Gasteiger charge is -2.10. The van der Waals surface area contributed by atoms with Gasteiger partial charge in [0.1, 0.15) is 11.5 Å². The van der Waals surface area contributed by atoms with E-state index >= 15 is 0 Å². The van der Waals surface area contributed by atoms with Crippen LogP contribution in [-0.2, 0) is 6.42 Å². The van der Waals surface area contributed by atoms with E-state index in [1.165, 1.54) is 0 Å². The van der Waals surface area contributed by atoms with Gasteiger partial charge in [0.2, 0.25) is 5.91 Å². The number of nitrogens with zero attached hydrogens (tertiary/aromatic N) is 1. The molecule has 3 N–H and O–H groups in total. The molecule has 7 nitrogen and oxygen atoms in total. The molecular formula is C24H21N3O4. The topological polar surface area (TPSA) is 107 Å². The molecule has 1 amide bonds. The molecule has 156 valence electrons. The largest absolute Gasteiger partial charge is 0.497 e. The summed E-state index contributed by atoms with van der Waals surface area (Å²) >= 11 is 0. The van der Waals surface area contributed by atoms with Crippen molar-refractivity contribution in [3.8, 4) is 22.6 Å². The number of primary amides is 1. The van der Waals surface area contributed by atoms with Crippen LogP contribution in [0.5, 0.6) is 11.5 Å². The molecule has 31 heavy (non-hydrogen) atoms. The van der Waals surface area contributed by atoms with Gasteiger partial charge in [-0.2, -0.15) is 0 Å². The summed E-state index contributed by atoms with van der Waals surface area (Å²) in [5.74, 6) is 0.944. The summed E-state index contributed by atoms with van der Waals surface area (Å²) in [7, 11) is 1.61. The molecule has 0 atom stereocenters. The van der Waals surface area contributed by atoms with Gasteiger partial charge in [-0.05, 0) is 47.5 Å². The van der Waals surface area contributed by atoms with Gasteiger partial charge in [0, 0.05) is 41.4 Å². The van der Waals surface area contributed by atoms with Gasteiger partial charge in [-0.15, -0.1) is 0 Å². The number of methoxy groups -OCH3 is 1. The zero-order valence-electron chi connectivity index (χ0n) is 16.9. The van der Waals surface area contributed by atoms with Crippen molar-refractivity contribution in [1.29, 1.82) is 0 Å². The maximum absolute atomic E-state index is 12.3. The molecule has 0 radical (unpaired) electrons. The molecule has 0 aliphatic heterocycles. The van der Waals surface area contributed by atoms with Crippen molar-refractivity contribution in [1.82, 2.24) is 9.97 Å². The fourth-order valence-corrected chi connectivity index (χ4v) is 3.34. The lowest BCUT2D eigenvalue weighted by molar-refractivity contribution is 0.100. The van der Waals surface area contributed by atoms with E-state index < -0.39 is 5.91 Å². The number of hydrogen-bond acceptors (Lipinski definition) is 5. The van der Waals surface area contributed by atoms with E-state index in [0.29, 0.717) is 29.9 Å². The van der Waals surface area contributed by atoms with E-state index in [1.807, 2.05) is 24.3 Å². The van der Waals surface area contributed by atoms with Crippen LogP contribution >= 0.6 is 0 Å². The first kappa shape index (κ1) is 20.2. The van der Waals surface area contributed by atoms with Crippen LogP contribution in [0.25, 0.3) is 22.0 Å². The minimum absolute atomic E-state index is 0.162. The Morgan fingerprint density at radius 1 is 1.06 bits per heavy atom. The maximum Gasteiger partial charge on any atom is 0.251 e. The monoisotopic (exact) mass is 415 g/mol. The molecule has 0 aliphatic carbocycles. The number of hydrogen-bond donors (Lipinski definition) is 2. The SMILES string of the molecule is COc1ccc2c(OCCc3cc(-c4ccc(C(N)=O)cc4)c[nH]c3=O)ccnc2c1. The molecular weight excluding hydrogens is 394 g/mol. The summed E-state index contributed by atoms with van der Waals surface area (Å²) in [4.78, 5) is 30.6. The van der Waals surface area contributed by atoms with Crippen molar-refractivity contribution in [2.75, 3.05) is 13.7 Å². The molecule has 0 saturated heterocycles. The Balaban J connectivity index is 1.50. The first-order valence-electron chi connectivity index (χ1n) is 9.72. The Labute approximate surface area is 178 Å². The standard InChI is InChI=1S/C24H21N3O4/c1-30-19-6-7-20-21(13-19)26-10-8-22(20)31-11-9-17-12-18(14-27-24(17)29)15-2-4-16(5-3-15)23(25)28/h2-8,10,12-14H,9,11H2,1H3,(H2,25,28)(H,27,29). The van der Waals surface area contributed by atoms with Gasteiger partial charge >= 0.3 is 0 Å². The third-order valence-corrected chi connectivity index (χ3v) is 5.02. The van der Waals surface area contributed by atoms with Gasteiger partial charge in [-0.1, -0.05) is 12.1 Å². The van der Waals surface area contributed by atoms with Crippen LogP contribution in [0.15, 0.2) is 71.8 Å². The number of amides is 1. The highest BCUT2D eigenvalue weighted by atomic mass is 16.5. The van der Waals surface area contributed by atoms with Crippen molar-refractivity contribution in [3.63, 3.8) is 0 Å². The highest BCUT2D eigenvalue weighted by Gasteiger charge is 2.08. The Morgan fingerprint density at radius 3 is 2.61 bits per heavy atom. The summed E-state index contributed by atoms with van der Waals surface area (Å²) in [5.41, 5.74) is 8.66. The van der Waals surface area contributed by atoms with Crippen molar-refractivity contribution in [2.45, 2.75) is 6.42 Å². The molecule has 4 aromatic rings. The smallest absolute Gasteiger partial charge is 0.251 e. The van der Waals surface area contributed by atoms with Crippen LogP contribution in [0.1, 0.15) is 15.9 Å². The van der Waals surface area contributed by atoms with Crippen LogP contribution in [0.4, 0.5) is 0 Å². The number of rotatable bonds is 7. The van der Waals surface area contributed by atoms with Crippen LogP contribution < -0.4 is 20.8 Å². The Bertz CT molecular complexity index is 1300. The number of nitrogens with two attached hydrogens (primary N) is 1. The Kier molecular flexibility index (Phi) is 5.66. The van der Waals surface area contributed by atoms with E-state index in [1.54, 1.807) is 49.8 Å². The molecule has 0 saturated carbocycles. The van der Waals surface area contributed by atoms with Crippen molar-refractivity contribution < 1.29 is 14.3 Å². The number of pyridine rings is 2. The lowest BCUT2D eigenvalue weighted by Crippen LogP contribution is -2.15. The molecule has 0 fully saturated rings. The van der Waals surface area contributed by atoms with Crippen LogP contribution in [0.2, 0.25) is 0 Å². The molecule has 2 aromatic heterocycles. The Morgan fingerprint density at radius 2 is 1.87 bits per heavy atom. The number of nitrogens with one attached hydrogen (secondary N) is 1. The second kappa shape index (κ2) is 8.71. The zero-order chi connectivity index (χ0) is 21.8. The van der Waals surface area contributed by atoms with Crippen LogP contribution in [0.3, 0.4) is 0 Å². The molecule has 4 rings (SSSR count). The van der Waals surface area contributed by atoms with Crippen molar-refractivity contribution >= 4 is 16.8 Å². The highest BCUT2D eigenvalue weighted by Crippen LogP contribution is 2.27. The summed E-state index contributed by atoms with van der Waals surface area (Å²) in [5, 5.41) is 0.875. The van der Waals surface area contributed by atoms with Gasteiger partial charge in [-0.25, -0.2) is 0 Å². The predicted octanol–water partition coefficient (Wildman–Crippen LogP) is 3.32. The highest BCUT2D eigenvalue weighted by molar-refractivity contribution is 5.93. The summed E-state index contributed by atoms with van der Waals surface area (Å²) in [6, 6.07) is 16.2. The zero-order valence-corrected chi connectivity index (χ0v) is 16.9. The van der Waals surface area contributed by atoms with Crippen molar-refractivity contribution in [3.05, 3.63) is 88.5 Å². The summed E-state index contributed by atoms with van der Waals surface area (Å²) in [6.45, 7) is 0.332. The number of carbonyl (C=O) groups is 1. The number of H-pyrrole nitrogens is 1. The minimum atomic E-state index is -0.479. The second-order valence-electron chi connectivity index (χ2n) is 6.97. The van der Waals surface area contributed by atoms with Crippen molar-refractivity contribution in [2.24, 2.45) is 5.73 Å². The third-order valence-electron chi connectivity index (χ3n) is 5.02. The number of ether oxygens (including phenoxy) is 2. The number of aromatic amines is 1. The number of carbonyl (C=O) groups excluding carboxylic acids is 1. The molecule has 2 aromatic carbocycles. The van der Waals surface area contributed by atoms with Gasteiger partial charge in [-0.3, -0.25) is 14.6 Å². The molecule has 0 bridgehead atoms. The fourth-order valence-electron chi connectivity index (χ4n) is 3.34. The molecule has 0 unspecified atom stereocenters. The van der Waals surface area contributed by atoms with Gasteiger partial charge in [0.15, 0.2) is 0 Å². The average Bonchev–Trinajstić information content (AvgIpc) is 2.80. The van der Waals surface area contributed by atoms with Gasteiger partial charge < -0.3 is 20.2 Å². The van der Waals surface area contributed by atoms with E-state index in [4.69, 9.17) is 15.2 Å². The first-order valence-corrected chi connectivity index (χ1v) is 9.72. The quantitative estimate of drug-likeness (QED) is 0.481. The number of fused-ring (bicyclic) bond motifs is 1. The average molecular weight is 415 g/mol. The van der Waals surface area contributed by atoms with Crippen LogP contribution in [0, 0.1) is 0 Å². The number of aromatic nitrogens is 2. The lowest BCUT2D eigenvalue weighted by atomic mass is 10.0. The minimum Gasteiger partial charge on any atom is -0.497 e. The van der Waals surface area contributed by atoms with E-state index in [2.05, 4.69) is 9.97 Å². The molecule has 0 aliphatic rings. The molecule has 2 heterocycles. The van der Waals surface area contributed by atoms with Gasteiger partial charge in [0.25, 0.3) is 5.56 Å².